The number of carbonyl (C=O) groups excluding carboxylic acids is 2. The molecular formula is C17H20N2O4. The fraction of sp³-hybridized carbons (Fsp3) is 0.294. The Balaban J connectivity index is 1.73. The largest absolute Gasteiger partial charge is 0.467 e. The van der Waals surface area contributed by atoms with Crippen LogP contribution in [-0.4, -0.2) is 29.5 Å². The molecule has 1 aromatic carbocycles. The van der Waals surface area contributed by atoms with Gasteiger partial charge in [0.25, 0.3) is 5.91 Å². The summed E-state index contributed by atoms with van der Waals surface area (Å²) in [5.41, 5.74) is 0.501. The smallest absolute Gasteiger partial charge is 0.251 e. The average Bonchev–Trinajstić information content (AvgIpc) is 3.08. The molecule has 2 rings (SSSR count). The van der Waals surface area contributed by atoms with E-state index in [1.165, 1.54) is 6.26 Å². The Morgan fingerprint density at radius 3 is 2.57 bits per heavy atom. The number of amides is 2. The van der Waals surface area contributed by atoms with Crippen molar-refractivity contribution in [1.29, 1.82) is 0 Å². The van der Waals surface area contributed by atoms with Gasteiger partial charge in [0.1, 0.15) is 11.9 Å². The van der Waals surface area contributed by atoms with Crippen LogP contribution in [0.2, 0.25) is 0 Å². The second-order valence-electron chi connectivity index (χ2n) is 5.28. The lowest BCUT2D eigenvalue weighted by Gasteiger charge is -2.17. The van der Waals surface area contributed by atoms with Crippen molar-refractivity contribution >= 4 is 11.8 Å². The van der Waals surface area contributed by atoms with Gasteiger partial charge in [0, 0.05) is 18.0 Å². The molecule has 0 saturated heterocycles. The predicted molar refractivity (Wildman–Crippen MR) is 84.7 cm³/mol. The molecule has 3 N–H and O–H groups in total. The lowest BCUT2D eigenvalue weighted by atomic mass is 10.1. The summed E-state index contributed by atoms with van der Waals surface area (Å²) >= 11 is 0. The van der Waals surface area contributed by atoms with Crippen molar-refractivity contribution in [1.82, 2.24) is 10.6 Å². The normalized spacial score (nSPS) is 13.1. The first-order valence-corrected chi connectivity index (χ1v) is 7.40. The number of rotatable bonds is 7. The van der Waals surface area contributed by atoms with Gasteiger partial charge in [0.15, 0.2) is 0 Å². The van der Waals surface area contributed by atoms with Crippen LogP contribution in [0.4, 0.5) is 0 Å². The second-order valence-corrected chi connectivity index (χ2v) is 5.28. The van der Waals surface area contributed by atoms with E-state index >= 15 is 0 Å². The maximum atomic E-state index is 11.8. The van der Waals surface area contributed by atoms with Gasteiger partial charge < -0.3 is 20.2 Å². The van der Waals surface area contributed by atoms with Crippen LogP contribution in [0.25, 0.3) is 0 Å². The monoisotopic (exact) mass is 316 g/mol. The van der Waals surface area contributed by atoms with Gasteiger partial charge in [-0.15, -0.1) is 0 Å². The third-order valence-corrected chi connectivity index (χ3v) is 3.30. The molecule has 0 aliphatic carbocycles. The number of hydrogen-bond acceptors (Lipinski definition) is 4. The van der Waals surface area contributed by atoms with Crippen LogP contribution in [0.3, 0.4) is 0 Å². The van der Waals surface area contributed by atoms with E-state index in [2.05, 4.69) is 10.6 Å². The topological polar surface area (TPSA) is 91.6 Å². The molecule has 1 aromatic heterocycles. The van der Waals surface area contributed by atoms with Crippen molar-refractivity contribution in [2.24, 2.45) is 0 Å². The van der Waals surface area contributed by atoms with Gasteiger partial charge in [-0.05, 0) is 31.2 Å². The molecule has 6 heteroatoms. The van der Waals surface area contributed by atoms with Gasteiger partial charge in [0.05, 0.1) is 12.8 Å². The number of aliphatic hydroxyl groups is 1. The number of carbonyl (C=O) groups is 2. The summed E-state index contributed by atoms with van der Waals surface area (Å²) in [4.78, 5) is 23.7. The molecule has 122 valence electrons. The van der Waals surface area contributed by atoms with Crippen LogP contribution in [0.1, 0.15) is 35.6 Å². The zero-order valence-corrected chi connectivity index (χ0v) is 12.9. The number of furan rings is 1. The van der Waals surface area contributed by atoms with Crippen LogP contribution < -0.4 is 10.6 Å². The minimum Gasteiger partial charge on any atom is -0.467 e. The Morgan fingerprint density at radius 1 is 1.17 bits per heavy atom. The summed E-state index contributed by atoms with van der Waals surface area (Å²) in [6, 6.07) is 11.8. The standard InChI is InChI=1S/C17H20N2O4/c1-12(10-14(20)15-8-5-9-23-15)19-16(21)11-18-17(22)13-6-3-2-4-7-13/h2-9,12,14,20H,10-11H2,1H3,(H,18,22)(H,19,21). The zero-order valence-electron chi connectivity index (χ0n) is 12.9. The van der Waals surface area contributed by atoms with E-state index in [9.17, 15) is 14.7 Å². The van der Waals surface area contributed by atoms with E-state index in [0.29, 0.717) is 17.7 Å². The maximum absolute atomic E-state index is 11.8. The van der Waals surface area contributed by atoms with Gasteiger partial charge >= 0.3 is 0 Å². The summed E-state index contributed by atoms with van der Waals surface area (Å²) in [6.45, 7) is 1.66. The van der Waals surface area contributed by atoms with Crippen molar-refractivity contribution < 1.29 is 19.1 Å². The van der Waals surface area contributed by atoms with E-state index in [-0.39, 0.29) is 24.4 Å². The number of nitrogens with one attached hydrogen (secondary N) is 2. The fourth-order valence-corrected chi connectivity index (χ4v) is 2.17. The molecule has 0 spiro atoms. The summed E-state index contributed by atoms with van der Waals surface area (Å²) in [5.74, 6) is -0.152. The van der Waals surface area contributed by atoms with Crippen molar-refractivity contribution in [3.63, 3.8) is 0 Å². The van der Waals surface area contributed by atoms with Gasteiger partial charge in [0.2, 0.25) is 5.91 Å². The molecule has 6 nitrogen and oxygen atoms in total. The Kier molecular flexibility index (Phi) is 5.94. The third kappa shape index (κ3) is 5.27. The van der Waals surface area contributed by atoms with Crippen LogP contribution >= 0.6 is 0 Å². The first-order chi connectivity index (χ1) is 11.1. The predicted octanol–water partition coefficient (Wildman–Crippen LogP) is 1.64. The van der Waals surface area contributed by atoms with Crippen LogP contribution in [0.15, 0.2) is 53.1 Å². The molecule has 2 amide bonds. The van der Waals surface area contributed by atoms with Gasteiger partial charge in [-0.2, -0.15) is 0 Å². The van der Waals surface area contributed by atoms with E-state index in [1.54, 1.807) is 43.3 Å². The highest BCUT2D eigenvalue weighted by atomic mass is 16.4. The molecule has 0 aliphatic rings. The Hall–Kier alpha value is -2.60. The fourth-order valence-electron chi connectivity index (χ4n) is 2.17. The SMILES string of the molecule is CC(CC(O)c1ccco1)NC(=O)CNC(=O)c1ccccc1. The molecule has 0 radical (unpaired) electrons. The Morgan fingerprint density at radius 2 is 1.91 bits per heavy atom. The molecule has 0 aliphatic heterocycles. The molecule has 2 unspecified atom stereocenters. The number of hydrogen-bond donors (Lipinski definition) is 3. The van der Waals surface area contributed by atoms with Gasteiger partial charge in [-0.25, -0.2) is 0 Å². The molecule has 2 atom stereocenters. The molecule has 23 heavy (non-hydrogen) atoms. The second kappa shape index (κ2) is 8.14. The maximum Gasteiger partial charge on any atom is 0.251 e. The highest BCUT2D eigenvalue weighted by Gasteiger charge is 2.16. The highest BCUT2D eigenvalue weighted by Crippen LogP contribution is 2.18. The summed E-state index contributed by atoms with van der Waals surface area (Å²) in [5, 5.41) is 15.2. The van der Waals surface area contributed by atoms with Gasteiger partial charge in [-0.3, -0.25) is 9.59 Å². The average molecular weight is 316 g/mol. The number of benzene rings is 1. The molecule has 0 bridgehead atoms. The minimum atomic E-state index is -0.779. The van der Waals surface area contributed by atoms with Crippen molar-refractivity contribution in [2.45, 2.75) is 25.5 Å². The zero-order chi connectivity index (χ0) is 16.7. The third-order valence-electron chi connectivity index (χ3n) is 3.30. The molecule has 1 heterocycles. The lowest BCUT2D eigenvalue weighted by molar-refractivity contribution is -0.120. The van der Waals surface area contributed by atoms with Gasteiger partial charge in [-0.1, -0.05) is 18.2 Å². The minimum absolute atomic E-state index is 0.116. The van der Waals surface area contributed by atoms with E-state index < -0.39 is 6.10 Å². The lowest BCUT2D eigenvalue weighted by Crippen LogP contribution is -2.41. The quantitative estimate of drug-likeness (QED) is 0.724. The Labute approximate surface area is 134 Å². The Bertz CT molecular complexity index is 625. The molecule has 0 saturated carbocycles. The van der Waals surface area contributed by atoms with Crippen molar-refractivity contribution in [3.8, 4) is 0 Å². The summed E-state index contributed by atoms with van der Waals surface area (Å²) < 4.78 is 5.11. The molecule has 0 fully saturated rings. The van der Waals surface area contributed by atoms with E-state index in [0.717, 1.165) is 0 Å². The van der Waals surface area contributed by atoms with Crippen LogP contribution in [-0.2, 0) is 4.79 Å². The van der Waals surface area contributed by atoms with Crippen molar-refractivity contribution in [2.75, 3.05) is 6.54 Å². The highest BCUT2D eigenvalue weighted by molar-refractivity contribution is 5.96. The van der Waals surface area contributed by atoms with E-state index in [1.807, 2.05) is 6.07 Å². The first kappa shape index (κ1) is 16.8. The van der Waals surface area contributed by atoms with Crippen LogP contribution in [0.5, 0.6) is 0 Å². The number of aliphatic hydroxyl groups excluding tert-OH is 1. The molecule has 2 aromatic rings. The van der Waals surface area contributed by atoms with E-state index in [4.69, 9.17) is 4.42 Å². The summed E-state index contributed by atoms with van der Waals surface area (Å²) in [6.07, 6.45) is 1.03. The summed E-state index contributed by atoms with van der Waals surface area (Å²) in [7, 11) is 0. The van der Waals surface area contributed by atoms with Crippen LogP contribution in [0, 0.1) is 0 Å². The first-order valence-electron chi connectivity index (χ1n) is 7.40. The molecular weight excluding hydrogens is 296 g/mol. The van der Waals surface area contributed by atoms with Crippen molar-refractivity contribution in [3.05, 3.63) is 60.1 Å².